The lowest BCUT2D eigenvalue weighted by atomic mass is 10.0. The maximum absolute atomic E-state index is 13.9. The van der Waals surface area contributed by atoms with Crippen molar-refractivity contribution in [1.82, 2.24) is 14.1 Å². The number of hydrogen-bond acceptors (Lipinski definition) is 6. The molecule has 2 aromatic carbocycles. The third kappa shape index (κ3) is 8.26. The molecule has 9 nitrogen and oxygen atoms in total. The van der Waals surface area contributed by atoms with Gasteiger partial charge in [0.25, 0.3) is 5.56 Å². The quantitative estimate of drug-likeness (QED) is 0.152. The number of nitrogens with one attached hydrogen (secondary N) is 1. The van der Waals surface area contributed by atoms with Crippen molar-refractivity contribution in [2.45, 2.75) is 161 Å². The van der Waals surface area contributed by atoms with Crippen LogP contribution in [0.25, 0.3) is 21.8 Å². The Morgan fingerprint density at radius 2 is 1.30 bits per heavy atom. The van der Waals surface area contributed by atoms with Crippen LogP contribution >= 0.6 is 0 Å². The number of aryl methyl sites for hydroxylation is 1. The van der Waals surface area contributed by atoms with Gasteiger partial charge in [0.15, 0.2) is 31.2 Å². The minimum absolute atomic E-state index is 0.00293. The van der Waals surface area contributed by atoms with E-state index in [1.54, 1.807) is 10.8 Å². The normalized spacial score (nSPS) is 20.7. The average Bonchev–Trinajstić information content (AvgIpc) is 3.53. The van der Waals surface area contributed by atoms with Gasteiger partial charge in [0.1, 0.15) is 18.3 Å². The van der Waals surface area contributed by atoms with Crippen LogP contribution in [0.15, 0.2) is 58.3 Å². The van der Waals surface area contributed by atoms with Gasteiger partial charge in [-0.25, -0.2) is 4.79 Å². The smallest absolute Gasteiger partial charge is 0.330 e. The van der Waals surface area contributed by atoms with E-state index in [0.717, 1.165) is 23.0 Å². The molecule has 0 radical (unpaired) electrons. The van der Waals surface area contributed by atoms with Crippen LogP contribution in [0.5, 0.6) is 0 Å². The number of para-hydroxylation sites is 1. The first kappa shape index (κ1) is 42.6. The summed E-state index contributed by atoms with van der Waals surface area (Å²) < 4.78 is 32.2. The Bertz CT molecular complexity index is 2090. The molecule has 4 aromatic rings. The Morgan fingerprint density at radius 3 is 1.87 bits per heavy atom. The molecule has 1 saturated heterocycles. The van der Waals surface area contributed by atoms with Crippen molar-refractivity contribution >= 4 is 46.8 Å². The second-order valence-electron chi connectivity index (χ2n) is 19.9. The zero-order chi connectivity index (χ0) is 40.4. The molecule has 1 aliphatic heterocycles. The third-order valence-corrected chi connectivity index (χ3v) is 26.5. The number of hydrogen-bond donors (Lipinski definition) is 1. The number of ether oxygens (including phenoxy) is 1. The van der Waals surface area contributed by atoms with Crippen LogP contribution in [0, 0.1) is 0 Å². The SMILES string of the molecule is CCn1c2ccccc2c2cc(Cc3cn([C@@H]4O[C@H](CO[Si](C)(C)C(C)(C)C)[C@@H](O[Si](C)(C)C(C)(C)C)[C@H]4O[Si](C)(C)C(C)(C)C)c(=O)[nH]c3=O)ccc21. The fraction of sp³-hybridized carbons (Fsp3) is 0.619. The van der Waals surface area contributed by atoms with Crippen molar-refractivity contribution in [2.24, 2.45) is 0 Å². The molecule has 298 valence electrons. The molecule has 1 N–H and O–H groups in total. The first-order valence-electron chi connectivity index (χ1n) is 19.7. The van der Waals surface area contributed by atoms with Gasteiger partial charge in [-0.15, -0.1) is 0 Å². The van der Waals surface area contributed by atoms with Crippen molar-refractivity contribution in [3.05, 3.63) is 80.6 Å². The first-order valence-corrected chi connectivity index (χ1v) is 28.4. The molecular formula is C42H67N3O6Si3. The van der Waals surface area contributed by atoms with Crippen LogP contribution in [-0.2, 0) is 31.0 Å². The molecule has 54 heavy (non-hydrogen) atoms. The molecule has 0 spiro atoms. The van der Waals surface area contributed by atoms with Crippen LogP contribution < -0.4 is 11.2 Å². The number of fused-ring (bicyclic) bond motifs is 3. The van der Waals surface area contributed by atoms with Crippen molar-refractivity contribution in [3.63, 3.8) is 0 Å². The van der Waals surface area contributed by atoms with E-state index in [1.807, 2.05) is 0 Å². The van der Waals surface area contributed by atoms with Gasteiger partial charge in [0.05, 0.1) is 6.61 Å². The van der Waals surface area contributed by atoms with Gasteiger partial charge in [-0.05, 0) is 85.1 Å². The second-order valence-corrected chi connectivity index (χ2v) is 34.3. The molecule has 5 rings (SSSR count). The lowest BCUT2D eigenvalue weighted by Crippen LogP contribution is -2.55. The largest absolute Gasteiger partial charge is 0.414 e. The Hall–Kier alpha value is -2.59. The third-order valence-electron chi connectivity index (χ3n) is 13.0. The van der Waals surface area contributed by atoms with Gasteiger partial charge in [0, 0.05) is 46.5 Å². The fourth-order valence-corrected chi connectivity index (χ4v) is 10.1. The highest BCUT2D eigenvalue weighted by Crippen LogP contribution is 2.46. The van der Waals surface area contributed by atoms with E-state index < -0.39 is 60.7 Å². The summed E-state index contributed by atoms with van der Waals surface area (Å²) >= 11 is 0. The highest BCUT2D eigenvalue weighted by molar-refractivity contribution is 6.75. The van der Waals surface area contributed by atoms with E-state index in [1.165, 1.54) is 10.9 Å². The minimum Gasteiger partial charge on any atom is -0.414 e. The number of aromatic amines is 1. The molecule has 0 bridgehead atoms. The summed E-state index contributed by atoms with van der Waals surface area (Å²) in [5, 5.41) is 2.13. The van der Waals surface area contributed by atoms with Crippen molar-refractivity contribution < 1.29 is 18.0 Å². The van der Waals surface area contributed by atoms with Gasteiger partial charge in [0.2, 0.25) is 0 Å². The number of H-pyrrole nitrogens is 1. The molecular weight excluding hydrogens is 727 g/mol. The Kier molecular flexibility index (Phi) is 11.6. The first-order chi connectivity index (χ1) is 24.7. The monoisotopic (exact) mass is 793 g/mol. The number of nitrogens with zero attached hydrogens (tertiary/aromatic N) is 2. The van der Waals surface area contributed by atoms with Crippen LogP contribution in [0.1, 0.15) is 86.6 Å². The summed E-state index contributed by atoms with van der Waals surface area (Å²) in [7, 11) is -7.01. The molecule has 0 amide bonds. The number of rotatable bonds is 11. The summed E-state index contributed by atoms with van der Waals surface area (Å²) in [4.78, 5) is 30.1. The summed E-state index contributed by atoms with van der Waals surface area (Å²) in [6, 6.07) is 14.8. The van der Waals surface area contributed by atoms with Gasteiger partial charge in [-0.2, -0.15) is 0 Å². The molecule has 12 heteroatoms. The van der Waals surface area contributed by atoms with E-state index in [2.05, 4.69) is 161 Å². The van der Waals surface area contributed by atoms with E-state index in [-0.39, 0.29) is 15.1 Å². The Morgan fingerprint density at radius 1 is 0.741 bits per heavy atom. The molecule has 1 fully saturated rings. The standard InChI is InChI=1S/C42H67N3O6Si3/c1-17-44-32-21-19-18-20-30(32)31-25-28(22-23-33(31)44)24-29-26-45(39(47)43-37(29)46)38-36(51-54(15,16)42(8,9)10)35(50-53(13,14)41(5,6)7)34(49-38)27-48-52(11,12)40(2,3)4/h18-23,25-26,34-36,38H,17,24,27H2,1-16H3,(H,43,46,47)/t34-,35-,36-,38-/m1/s1. The summed E-state index contributed by atoms with van der Waals surface area (Å²) in [5.41, 5.74) is 2.87. The highest BCUT2D eigenvalue weighted by Gasteiger charge is 2.55. The zero-order valence-electron chi connectivity index (χ0n) is 35.9. The summed E-state index contributed by atoms with van der Waals surface area (Å²) in [5.74, 6) is 0. The summed E-state index contributed by atoms with van der Waals surface area (Å²) in [6.07, 6.45) is -0.396. The molecule has 1 aliphatic rings. The van der Waals surface area contributed by atoms with E-state index in [9.17, 15) is 9.59 Å². The van der Waals surface area contributed by atoms with Crippen LogP contribution in [0.2, 0.25) is 54.4 Å². The Balaban J connectivity index is 1.62. The Labute approximate surface area is 326 Å². The number of aromatic nitrogens is 3. The van der Waals surface area contributed by atoms with E-state index in [4.69, 9.17) is 18.0 Å². The summed E-state index contributed by atoms with van der Waals surface area (Å²) in [6.45, 7) is 36.8. The molecule has 0 unspecified atom stereocenters. The molecule has 2 aromatic heterocycles. The second kappa shape index (κ2) is 14.7. The minimum atomic E-state index is -2.45. The van der Waals surface area contributed by atoms with Gasteiger partial charge in [-0.1, -0.05) is 86.6 Å². The average molecular weight is 794 g/mol. The van der Waals surface area contributed by atoms with Crippen molar-refractivity contribution in [1.29, 1.82) is 0 Å². The lowest BCUT2D eigenvalue weighted by molar-refractivity contribution is -0.0511. The predicted molar refractivity (Wildman–Crippen MR) is 230 cm³/mol. The van der Waals surface area contributed by atoms with Gasteiger partial charge >= 0.3 is 5.69 Å². The maximum Gasteiger partial charge on any atom is 0.330 e. The fourth-order valence-electron chi connectivity index (χ4n) is 6.49. The zero-order valence-corrected chi connectivity index (χ0v) is 38.9. The van der Waals surface area contributed by atoms with Gasteiger partial charge < -0.3 is 22.6 Å². The number of benzene rings is 2. The van der Waals surface area contributed by atoms with Crippen LogP contribution in [0.4, 0.5) is 0 Å². The molecule has 3 heterocycles. The van der Waals surface area contributed by atoms with Gasteiger partial charge in [-0.3, -0.25) is 14.3 Å². The topological polar surface area (TPSA) is 96.7 Å². The lowest BCUT2D eigenvalue weighted by Gasteiger charge is -2.44. The molecule has 4 atom stereocenters. The highest BCUT2D eigenvalue weighted by atomic mass is 28.4. The predicted octanol–water partition coefficient (Wildman–Crippen LogP) is 9.96. The van der Waals surface area contributed by atoms with E-state index >= 15 is 0 Å². The van der Waals surface area contributed by atoms with Crippen molar-refractivity contribution in [3.8, 4) is 0 Å². The molecule has 0 saturated carbocycles. The molecule has 0 aliphatic carbocycles. The van der Waals surface area contributed by atoms with Crippen molar-refractivity contribution in [2.75, 3.05) is 6.61 Å². The van der Waals surface area contributed by atoms with E-state index in [0.29, 0.717) is 18.6 Å². The van der Waals surface area contributed by atoms with Crippen LogP contribution in [0.3, 0.4) is 0 Å². The van der Waals surface area contributed by atoms with Crippen LogP contribution in [-0.4, -0.2) is 64.0 Å². The maximum atomic E-state index is 13.9.